The molecule has 0 aliphatic rings. The van der Waals surface area contributed by atoms with Crippen molar-refractivity contribution < 1.29 is 20.2 Å². The number of hydrogen-bond donors (Lipinski definition) is 3. The summed E-state index contributed by atoms with van der Waals surface area (Å²) in [5, 5.41) is 32.9. The van der Waals surface area contributed by atoms with Crippen molar-refractivity contribution in [3.05, 3.63) is 57.6 Å². The Bertz CT molecular complexity index is 1010. The molecule has 0 bridgehead atoms. The first-order valence-corrected chi connectivity index (χ1v) is 12.2. The predicted molar refractivity (Wildman–Crippen MR) is 142 cm³/mol. The van der Waals surface area contributed by atoms with E-state index in [1.807, 2.05) is 24.3 Å². The number of nitrogens with zero attached hydrogens (tertiary/aromatic N) is 1. The lowest BCUT2D eigenvalue weighted by Crippen LogP contribution is -2.20. The standard InChI is InChI=1S/C30H45NO3/c1-27(2,3)21-13-19(14-22(25(21)32)28(4,5)6)17-31(34)18-20-15-23(29(7,8)9)26(33)24(16-20)30(10,11)12/h13-17,33-34H,18H2,1-12H3/p+1. The molecule has 0 saturated heterocycles. The van der Waals surface area contributed by atoms with Crippen LogP contribution in [0.5, 0.6) is 11.5 Å². The van der Waals surface area contributed by atoms with Gasteiger partial charge >= 0.3 is 0 Å². The Kier molecular flexibility index (Phi) is 7.30. The zero-order valence-corrected chi connectivity index (χ0v) is 23.4. The molecule has 2 aromatic carbocycles. The van der Waals surface area contributed by atoms with Crippen molar-refractivity contribution >= 4 is 6.21 Å². The Labute approximate surface area is 206 Å². The Hall–Kier alpha value is -2.49. The van der Waals surface area contributed by atoms with Crippen molar-refractivity contribution in [2.75, 3.05) is 0 Å². The lowest BCUT2D eigenvalue weighted by atomic mass is 9.78. The molecule has 0 radical (unpaired) electrons. The summed E-state index contributed by atoms with van der Waals surface area (Å²) in [5.41, 5.74) is 4.27. The largest absolute Gasteiger partial charge is 0.507 e. The minimum atomic E-state index is -0.242. The molecule has 0 atom stereocenters. The van der Waals surface area contributed by atoms with Gasteiger partial charge < -0.3 is 10.2 Å². The topological polar surface area (TPSA) is 63.7 Å². The maximum atomic E-state index is 11.0. The summed E-state index contributed by atoms with van der Waals surface area (Å²) in [7, 11) is 0. The number of hydrogen-bond acceptors (Lipinski definition) is 3. The van der Waals surface area contributed by atoms with Gasteiger partial charge in [-0.15, -0.1) is 0 Å². The highest BCUT2D eigenvalue weighted by molar-refractivity contribution is 5.78. The molecule has 0 aliphatic heterocycles. The fourth-order valence-electron chi connectivity index (χ4n) is 4.21. The van der Waals surface area contributed by atoms with Crippen LogP contribution in [0.1, 0.15) is 116 Å². The Balaban J connectivity index is 2.61. The van der Waals surface area contributed by atoms with Crippen molar-refractivity contribution in [2.45, 2.75) is 111 Å². The molecule has 2 rings (SSSR count). The van der Waals surface area contributed by atoms with Gasteiger partial charge in [0.15, 0.2) is 0 Å². The molecule has 0 aliphatic carbocycles. The summed E-state index contributed by atoms with van der Waals surface area (Å²) in [6.45, 7) is 25.2. The minimum Gasteiger partial charge on any atom is -0.507 e. The molecule has 0 unspecified atom stereocenters. The SMILES string of the molecule is CC(C)(C)c1cc(/C=[N+](/O)Cc2cc(C(C)(C)C)c(O)c(C(C)(C)C)c2)cc(C(C)(C)C)c1O. The van der Waals surface area contributed by atoms with Gasteiger partial charge in [-0.25, -0.2) is 0 Å². The van der Waals surface area contributed by atoms with Crippen LogP contribution in [0.4, 0.5) is 0 Å². The van der Waals surface area contributed by atoms with Crippen LogP contribution in [0.2, 0.25) is 0 Å². The fraction of sp³-hybridized carbons (Fsp3) is 0.567. The van der Waals surface area contributed by atoms with E-state index < -0.39 is 0 Å². The van der Waals surface area contributed by atoms with Crippen LogP contribution in [0.25, 0.3) is 0 Å². The first-order chi connectivity index (χ1) is 15.1. The minimum absolute atomic E-state index is 0.232. The summed E-state index contributed by atoms with van der Waals surface area (Å²) in [4.78, 5) is 0. The maximum absolute atomic E-state index is 11.0. The molecule has 2 aromatic rings. The maximum Gasteiger partial charge on any atom is 0.223 e. The van der Waals surface area contributed by atoms with Gasteiger partial charge in [0.2, 0.25) is 12.8 Å². The van der Waals surface area contributed by atoms with Crippen LogP contribution in [0, 0.1) is 0 Å². The molecule has 188 valence electrons. The van der Waals surface area contributed by atoms with Gasteiger partial charge in [0.1, 0.15) is 11.5 Å². The molecule has 0 heterocycles. The van der Waals surface area contributed by atoms with Crippen LogP contribution >= 0.6 is 0 Å². The van der Waals surface area contributed by atoms with Crippen molar-refractivity contribution in [2.24, 2.45) is 0 Å². The van der Waals surface area contributed by atoms with Gasteiger partial charge in [0.25, 0.3) is 0 Å². The van der Waals surface area contributed by atoms with Crippen LogP contribution in [0.3, 0.4) is 0 Å². The zero-order chi connectivity index (χ0) is 26.4. The van der Waals surface area contributed by atoms with Crippen molar-refractivity contribution in [3.63, 3.8) is 0 Å². The molecular weight excluding hydrogens is 422 g/mol. The lowest BCUT2D eigenvalue weighted by molar-refractivity contribution is -0.783. The van der Waals surface area contributed by atoms with Crippen molar-refractivity contribution in [1.29, 1.82) is 0 Å². The average Bonchev–Trinajstić information content (AvgIpc) is 2.60. The summed E-state index contributed by atoms with van der Waals surface area (Å²) in [5.74, 6) is 0.658. The van der Waals surface area contributed by atoms with Crippen LogP contribution in [-0.4, -0.2) is 26.4 Å². The number of benzene rings is 2. The first kappa shape index (κ1) is 27.8. The summed E-state index contributed by atoms with van der Waals surface area (Å²) in [6.07, 6.45) is 1.71. The quantitative estimate of drug-likeness (QED) is 0.191. The van der Waals surface area contributed by atoms with E-state index >= 15 is 0 Å². The molecule has 3 N–H and O–H groups in total. The smallest absolute Gasteiger partial charge is 0.223 e. The number of aromatic hydroxyl groups is 2. The van der Waals surface area contributed by atoms with Crippen molar-refractivity contribution in [1.82, 2.24) is 0 Å². The zero-order valence-electron chi connectivity index (χ0n) is 23.4. The second-order valence-corrected chi connectivity index (χ2v) is 13.7. The number of rotatable bonds is 3. The Morgan fingerprint density at radius 1 is 0.588 bits per heavy atom. The van der Waals surface area contributed by atoms with E-state index in [4.69, 9.17) is 0 Å². The van der Waals surface area contributed by atoms with Gasteiger partial charge in [-0.1, -0.05) is 83.1 Å². The summed E-state index contributed by atoms with van der Waals surface area (Å²) < 4.78 is 1.19. The number of hydroxylamine groups is 1. The second-order valence-electron chi connectivity index (χ2n) is 13.7. The van der Waals surface area contributed by atoms with E-state index in [9.17, 15) is 15.4 Å². The van der Waals surface area contributed by atoms with Gasteiger partial charge in [-0.2, -0.15) is 0 Å². The van der Waals surface area contributed by atoms with Crippen molar-refractivity contribution in [3.8, 4) is 11.5 Å². The molecular formula is C30H46NO3+. The molecule has 0 spiro atoms. The van der Waals surface area contributed by atoms with Crippen LogP contribution in [0.15, 0.2) is 24.3 Å². The Morgan fingerprint density at radius 2 is 0.882 bits per heavy atom. The van der Waals surface area contributed by atoms with Crippen LogP contribution in [-0.2, 0) is 28.2 Å². The lowest BCUT2D eigenvalue weighted by Gasteiger charge is -2.28. The molecule has 0 amide bonds. The third kappa shape index (κ3) is 6.34. The van der Waals surface area contributed by atoms with Crippen LogP contribution < -0.4 is 0 Å². The third-order valence-electron chi connectivity index (χ3n) is 6.18. The van der Waals surface area contributed by atoms with E-state index in [0.717, 1.165) is 33.4 Å². The van der Waals surface area contributed by atoms with E-state index in [1.54, 1.807) is 6.21 Å². The molecule has 0 fully saturated rings. The van der Waals surface area contributed by atoms with E-state index in [0.29, 0.717) is 11.5 Å². The van der Waals surface area contributed by atoms with E-state index in [1.165, 1.54) is 4.74 Å². The molecule has 0 saturated carbocycles. The number of phenolic OH excluding ortho intramolecular Hbond substituents is 2. The summed E-state index contributed by atoms with van der Waals surface area (Å²) >= 11 is 0. The second kappa shape index (κ2) is 8.94. The highest BCUT2D eigenvalue weighted by Crippen LogP contribution is 2.41. The highest BCUT2D eigenvalue weighted by atomic mass is 16.5. The van der Waals surface area contributed by atoms with Gasteiger partial charge in [0.05, 0.1) is 0 Å². The van der Waals surface area contributed by atoms with E-state index in [2.05, 4.69) is 83.1 Å². The molecule has 4 heteroatoms. The van der Waals surface area contributed by atoms with Gasteiger partial charge in [0, 0.05) is 33.4 Å². The molecule has 4 nitrogen and oxygen atoms in total. The molecule has 0 aromatic heterocycles. The van der Waals surface area contributed by atoms with Gasteiger partial charge in [-0.3, -0.25) is 5.21 Å². The first-order valence-electron chi connectivity index (χ1n) is 12.2. The van der Waals surface area contributed by atoms with Gasteiger partial charge in [-0.05, 0) is 50.7 Å². The third-order valence-corrected chi connectivity index (χ3v) is 6.18. The summed E-state index contributed by atoms with van der Waals surface area (Å²) in [6, 6.07) is 7.87. The average molecular weight is 469 g/mol. The van der Waals surface area contributed by atoms with E-state index in [-0.39, 0.29) is 28.2 Å². The fourth-order valence-corrected chi connectivity index (χ4v) is 4.21. The Morgan fingerprint density at radius 3 is 1.18 bits per heavy atom. The highest BCUT2D eigenvalue weighted by Gasteiger charge is 2.29. The molecule has 34 heavy (non-hydrogen) atoms. The predicted octanol–water partition coefficient (Wildman–Crippen LogP) is 7.31. The monoisotopic (exact) mass is 468 g/mol. The normalized spacial score (nSPS) is 13.9. The number of phenols is 2.